The average Bonchev–Trinajstić information content (AvgIpc) is 2.33. The Morgan fingerprint density at radius 2 is 2.18 bits per heavy atom. The SMILES string of the molecule is Cc1ccnc(NC2(CN)CCC(C)CC2)c1. The lowest BCUT2D eigenvalue weighted by Crippen LogP contribution is -2.48. The van der Waals surface area contributed by atoms with E-state index in [-0.39, 0.29) is 5.54 Å². The highest BCUT2D eigenvalue weighted by molar-refractivity contribution is 5.40. The zero-order valence-corrected chi connectivity index (χ0v) is 10.9. The molecular formula is C14H23N3. The van der Waals surface area contributed by atoms with Crippen molar-refractivity contribution in [2.24, 2.45) is 11.7 Å². The highest BCUT2D eigenvalue weighted by Gasteiger charge is 2.32. The molecule has 0 amide bonds. The largest absolute Gasteiger partial charge is 0.363 e. The van der Waals surface area contributed by atoms with Gasteiger partial charge in [0.25, 0.3) is 0 Å². The molecule has 3 nitrogen and oxygen atoms in total. The number of aryl methyl sites for hydroxylation is 1. The standard InChI is InChI=1S/C14H23N3/c1-11-3-6-14(10-15,7-4-11)17-13-9-12(2)5-8-16-13/h5,8-9,11H,3-4,6-7,10,15H2,1-2H3,(H,16,17). The van der Waals surface area contributed by atoms with Crippen LogP contribution in [0.15, 0.2) is 18.3 Å². The lowest BCUT2D eigenvalue weighted by Gasteiger charge is -2.39. The second-order valence-corrected chi connectivity index (χ2v) is 5.51. The predicted octanol–water partition coefficient (Wildman–Crippen LogP) is 2.71. The summed E-state index contributed by atoms with van der Waals surface area (Å²) in [5.74, 6) is 1.80. The molecule has 1 aromatic rings. The van der Waals surface area contributed by atoms with Gasteiger partial charge < -0.3 is 11.1 Å². The second-order valence-electron chi connectivity index (χ2n) is 5.51. The van der Waals surface area contributed by atoms with Crippen LogP contribution in [0.3, 0.4) is 0 Å². The Hall–Kier alpha value is -1.09. The average molecular weight is 233 g/mol. The summed E-state index contributed by atoms with van der Waals surface area (Å²) in [4.78, 5) is 4.38. The fraction of sp³-hybridized carbons (Fsp3) is 0.643. The maximum absolute atomic E-state index is 5.98. The Bertz CT molecular complexity index is 367. The Morgan fingerprint density at radius 3 is 2.76 bits per heavy atom. The van der Waals surface area contributed by atoms with E-state index in [1.165, 1.54) is 18.4 Å². The molecule has 0 aliphatic heterocycles. The topological polar surface area (TPSA) is 50.9 Å². The molecule has 3 heteroatoms. The Kier molecular flexibility index (Phi) is 3.67. The van der Waals surface area contributed by atoms with Gasteiger partial charge in [-0.05, 0) is 56.2 Å². The molecule has 17 heavy (non-hydrogen) atoms. The number of nitrogens with zero attached hydrogens (tertiary/aromatic N) is 1. The van der Waals surface area contributed by atoms with Gasteiger partial charge in [-0.15, -0.1) is 0 Å². The third-order valence-corrected chi connectivity index (χ3v) is 3.93. The van der Waals surface area contributed by atoms with Gasteiger partial charge in [0.2, 0.25) is 0 Å². The third kappa shape index (κ3) is 2.97. The maximum Gasteiger partial charge on any atom is 0.126 e. The van der Waals surface area contributed by atoms with Gasteiger partial charge in [0.05, 0.1) is 5.54 Å². The van der Waals surface area contributed by atoms with Crippen LogP contribution in [0.25, 0.3) is 0 Å². The first-order valence-corrected chi connectivity index (χ1v) is 6.54. The molecule has 0 aromatic carbocycles. The maximum atomic E-state index is 5.98. The Balaban J connectivity index is 2.09. The van der Waals surface area contributed by atoms with E-state index in [2.05, 4.69) is 30.2 Å². The summed E-state index contributed by atoms with van der Waals surface area (Å²) in [5.41, 5.74) is 7.28. The summed E-state index contributed by atoms with van der Waals surface area (Å²) in [7, 11) is 0. The molecular weight excluding hydrogens is 210 g/mol. The van der Waals surface area contributed by atoms with E-state index in [1.807, 2.05) is 12.3 Å². The number of aromatic nitrogens is 1. The molecule has 1 fully saturated rings. The monoisotopic (exact) mass is 233 g/mol. The zero-order valence-electron chi connectivity index (χ0n) is 10.9. The summed E-state index contributed by atoms with van der Waals surface area (Å²) in [6.07, 6.45) is 6.68. The van der Waals surface area contributed by atoms with Crippen LogP contribution in [0.1, 0.15) is 38.2 Å². The van der Waals surface area contributed by atoms with Crippen LogP contribution in [0, 0.1) is 12.8 Å². The number of anilines is 1. The number of pyridine rings is 1. The first-order valence-electron chi connectivity index (χ1n) is 6.54. The van der Waals surface area contributed by atoms with Gasteiger partial charge in [0, 0.05) is 12.7 Å². The summed E-state index contributed by atoms with van der Waals surface area (Å²) >= 11 is 0. The van der Waals surface area contributed by atoms with Crippen LogP contribution < -0.4 is 11.1 Å². The molecule has 1 saturated carbocycles. The molecule has 0 spiro atoms. The summed E-state index contributed by atoms with van der Waals surface area (Å²) < 4.78 is 0. The third-order valence-electron chi connectivity index (χ3n) is 3.93. The molecule has 0 radical (unpaired) electrons. The van der Waals surface area contributed by atoms with Crippen molar-refractivity contribution in [3.05, 3.63) is 23.9 Å². The number of hydrogen-bond donors (Lipinski definition) is 2. The highest BCUT2D eigenvalue weighted by atomic mass is 15.1. The van der Waals surface area contributed by atoms with Crippen LogP contribution in [0.5, 0.6) is 0 Å². The van der Waals surface area contributed by atoms with Crippen molar-refractivity contribution in [1.29, 1.82) is 0 Å². The van der Waals surface area contributed by atoms with E-state index in [0.29, 0.717) is 6.54 Å². The number of rotatable bonds is 3. The van der Waals surface area contributed by atoms with Gasteiger partial charge in [-0.2, -0.15) is 0 Å². The van der Waals surface area contributed by atoms with Crippen molar-refractivity contribution in [3.63, 3.8) is 0 Å². The van der Waals surface area contributed by atoms with E-state index < -0.39 is 0 Å². The van der Waals surface area contributed by atoms with E-state index >= 15 is 0 Å². The smallest absolute Gasteiger partial charge is 0.126 e. The molecule has 1 aliphatic carbocycles. The van der Waals surface area contributed by atoms with Crippen molar-refractivity contribution in [1.82, 2.24) is 4.98 Å². The second kappa shape index (κ2) is 5.05. The van der Waals surface area contributed by atoms with Gasteiger partial charge in [-0.1, -0.05) is 6.92 Å². The highest BCUT2D eigenvalue weighted by Crippen LogP contribution is 2.33. The predicted molar refractivity (Wildman–Crippen MR) is 72.0 cm³/mol. The fourth-order valence-corrected chi connectivity index (χ4v) is 2.57. The molecule has 0 unspecified atom stereocenters. The van der Waals surface area contributed by atoms with Crippen molar-refractivity contribution in [3.8, 4) is 0 Å². The molecule has 3 N–H and O–H groups in total. The first kappa shape index (κ1) is 12.4. The normalized spacial score (nSPS) is 29.0. The number of hydrogen-bond acceptors (Lipinski definition) is 3. The van der Waals surface area contributed by atoms with Gasteiger partial charge in [-0.3, -0.25) is 0 Å². The number of nitrogens with one attached hydrogen (secondary N) is 1. The van der Waals surface area contributed by atoms with Crippen LogP contribution in [-0.4, -0.2) is 17.1 Å². The lowest BCUT2D eigenvalue weighted by molar-refractivity contribution is 0.271. The quantitative estimate of drug-likeness (QED) is 0.844. The molecule has 2 rings (SSSR count). The fourth-order valence-electron chi connectivity index (χ4n) is 2.57. The van der Waals surface area contributed by atoms with Crippen LogP contribution >= 0.6 is 0 Å². The summed E-state index contributed by atoms with van der Waals surface area (Å²) in [5, 5.41) is 3.57. The zero-order chi connectivity index (χ0) is 12.3. The molecule has 0 bridgehead atoms. The Labute approximate surface area is 104 Å². The van der Waals surface area contributed by atoms with Crippen LogP contribution in [0.4, 0.5) is 5.82 Å². The number of nitrogens with two attached hydrogens (primary N) is 1. The molecule has 94 valence electrons. The van der Waals surface area contributed by atoms with Crippen molar-refractivity contribution in [2.75, 3.05) is 11.9 Å². The minimum atomic E-state index is 0.0628. The molecule has 1 aromatic heterocycles. The first-order chi connectivity index (χ1) is 8.13. The minimum Gasteiger partial charge on any atom is -0.363 e. The van der Waals surface area contributed by atoms with Gasteiger partial charge >= 0.3 is 0 Å². The van der Waals surface area contributed by atoms with E-state index in [1.54, 1.807) is 0 Å². The minimum absolute atomic E-state index is 0.0628. The van der Waals surface area contributed by atoms with Gasteiger partial charge in [0.1, 0.15) is 5.82 Å². The van der Waals surface area contributed by atoms with E-state index in [0.717, 1.165) is 24.6 Å². The van der Waals surface area contributed by atoms with E-state index in [9.17, 15) is 0 Å². The Morgan fingerprint density at radius 1 is 1.47 bits per heavy atom. The lowest BCUT2D eigenvalue weighted by atomic mass is 9.77. The van der Waals surface area contributed by atoms with Crippen molar-refractivity contribution in [2.45, 2.75) is 45.1 Å². The summed E-state index contributed by atoms with van der Waals surface area (Å²) in [6.45, 7) is 5.10. The van der Waals surface area contributed by atoms with Gasteiger partial charge in [0.15, 0.2) is 0 Å². The molecule has 1 heterocycles. The molecule has 1 aliphatic rings. The van der Waals surface area contributed by atoms with Crippen LogP contribution in [-0.2, 0) is 0 Å². The molecule has 0 atom stereocenters. The van der Waals surface area contributed by atoms with Crippen molar-refractivity contribution >= 4 is 5.82 Å². The molecule has 0 saturated heterocycles. The van der Waals surface area contributed by atoms with Crippen molar-refractivity contribution < 1.29 is 0 Å². The van der Waals surface area contributed by atoms with Gasteiger partial charge in [-0.25, -0.2) is 4.98 Å². The summed E-state index contributed by atoms with van der Waals surface area (Å²) in [6, 6.07) is 4.11. The van der Waals surface area contributed by atoms with E-state index in [4.69, 9.17) is 5.73 Å². The van der Waals surface area contributed by atoms with Crippen LogP contribution in [0.2, 0.25) is 0 Å².